The number of para-hydroxylation sites is 1. The first kappa shape index (κ1) is 11.3. The maximum Gasteiger partial charge on any atom is 0.163 e. The van der Waals surface area contributed by atoms with Crippen molar-refractivity contribution in [3.63, 3.8) is 0 Å². The van der Waals surface area contributed by atoms with E-state index in [0.29, 0.717) is 13.3 Å². The van der Waals surface area contributed by atoms with Crippen LogP contribution in [0.2, 0.25) is 0 Å². The van der Waals surface area contributed by atoms with Gasteiger partial charge in [-0.15, -0.1) is 0 Å². The van der Waals surface area contributed by atoms with Gasteiger partial charge in [-0.2, -0.15) is 0 Å². The number of nitrogens with zero attached hydrogens (tertiary/aromatic N) is 1. The molecular formula is C15H12BrNO2. The number of rotatable bonds is 0. The Morgan fingerprint density at radius 3 is 3.00 bits per heavy atom. The van der Waals surface area contributed by atoms with E-state index >= 15 is 0 Å². The van der Waals surface area contributed by atoms with Crippen LogP contribution in [-0.2, 0) is 11.3 Å². The van der Waals surface area contributed by atoms with Gasteiger partial charge in [0, 0.05) is 21.3 Å². The molecule has 4 rings (SSSR count). The van der Waals surface area contributed by atoms with Crippen molar-refractivity contribution < 1.29 is 9.47 Å². The summed E-state index contributed by atoms with van der Waals surface area (Å²) in [4.78, 5) is 2.16. The first-order valence-corrected chi connectivity index (χ1v) is 7.00. The monoisotopic (exact) mass is 317 g/mol. The van der Waals surface area contributed by atoms with Crippen molar-refractivity contribution >= 4 is 21.6 Å². The van der Waals surface area contributed by atoms with Crippen LogP contribution in [0.25, 0.3) is 0 Å². The zero-order valence-electron chi connectivity index (χ0n) is 10.2. The zero-order valence-corrected chi connectivity index (χ0v) is 11.8. The number of hydrogen-bond donors (Lipinski definition) is 0. The Morgan fingerprint density at radius 1 is 1.16 bits per heavy atom. The minimum atomic E-state index is -0.0591. The Labute approximate surface area is 119 Å². The molecule has 0 saturated carbocycles. The minimum absolute atomic E-state index is 0.0591. The lowest BCUT2D eigenvalue weighted by Crippen LogP contribution is -2.40. The minimum Gasteiger partial charge on any atom is -0.473 e. The van der Waals surface area contributed by atoms with E-state index in [4.69, 9.17) is 9.47 Å². The second-order valence-corrected chi connectivity index (χ2v) is 5.63. The summed E-state index contributed by atoms with van der Waals surface area (Å²) in [6.45, 7) is 1.17. The highest BCUT2D eigenvalue weighted by Gasteiger charge is 2.33. The predicted octanol–water partition coefficient (Wildman–Crippen LogP) is 3.83. The molecule has 2 aromatic carbocycles. The topological polar surface area (TPSA) is 21.7 Å². The average molecular weight is 318 g/mol. The summed E-state index contributed by atoms with van der Waals surface area (Å²) < 4.78 is 12.9. The lowest BCUT2D eigenvalue weighted by molar-refractivity contribution is 0.00452. The van der Waals surface area contributed by atoms with Gasteiger partial charge in [-0.25, -0.2) is 0 Å². The van der Waals surface area contributed by atoms with E-state index < -0.39 is 0 Å². The molecule has 0 bridgehead atoms. The first-order chi connectivity index (χ1) is 9.33. The van der Waals surface area contributed by atoms with Gasteiger partial charge in [0.15, 0.2) is 13.0 Å². The molecule has 0 N–H and O–H groups in total. The van der Waals surface area contributed by atoms with Crippen molar-refractivity contribution in [3.8, 4) is 5.75 Å². The Morgan fingerprint density at radius 2 is 2.05 bits per heavy atom. The highest BCUT2D eigenvalue weighted by Crippen LogP contribution is 2.43. The molecular weight excluding hydrogens is 306 g/mol. The van der Waals surface area contributed by atoms with E-state index in [2.05, 4.69) is 45.1 Å². The van der Waals surface area contributed by atoms with Crippen molar-refractivity contribution in [1.82, 2.24) is 0 Å². The maximum atomic E-state index is 6.01. The smallest absolute Gasteiger partial charge is 0.163 e. The quantitative estimate of drug-likeness (QED) is 0.737. The maximum absolute atomic E-state index is 6.01. The molecule has 1 atom stereocenters. The summed E-state index contributed by atoms with van der Waals surface area (Å²) in [6.07, 6.45) is -0.0591. The molecule has 0 spiro atoms. The summed E-state index contributed by atoms with van der Waals surface area (Å²) in [5, 5.41) is 0. The highest BCUT2D eigenvalue weighted by molar-refractivity contribution is 9.10. The van der Waals surface area contributed by atoms with Crippen molar-refractivity contribution in [2.45, 2.75) is 12.8 Å². The molecule has 0 saturated heterocycles. The van der Waals surface area contributed by atoms with Gasteiger partial charge >= 0.3 is 0 Å². The lowest BCUT2D eigenvalue weighted by Gasteiger charge is -2.42. The third kappa shape index (κ3) is 1.75. The van der Waals surface area contributed by atoms with Gasteiger partial charge in [-0.1, -0.05) is 34.1 Å². The molecule has 0 aromatic heterocycles. The molecule has 2 aliphatic rings. The number of anilines is 1. The summed E-state index contributed by atoms with van der Waals surface area (Å²) in [6, 6.07) is 14.4. The van der Waals surface area contributed by atoms with Crippen molar-refractivity contribution in [2.24, 2.45) is 0 Å². The van der Waals surface area contributed by atoms with E-state index in [1.807, 2.05) is 18.2 Å². The molecule has 2 aromatic rings. The van der Waals surface area contributed by atoms with E-state index in [9.17, 15) is 0 Å². The standard InChI is InChI=1S/C15H12BrNO2/c16-11-5-6-14-12(7-11)15-17(9-19-14)13-4-2-1-3-10(13)8-18-15/h1-7,15H,8-9H2. The Balaban J connectivity index is 1.83. The van der Waals surface area contributed by atoms with E-state index in [0.717, 1.165) is 15.8 Å². The van der Waals surface area contributed by atoms with Gasteiger partial charge < -0.3 is 14.4 Å². The van der Waals surface area contributed by atoms with E-state index in [1.54, 1.807) is 0 Å². The van der Waals surface area contributed by atoms with Gasteiger partial charge in [0.05, 0.1) is 6.61 Å². The van der Waals surface area contributed by atoms with Crippen LogP contribution in [0.3, 0.4) is 0 Å². The van der Waals surface area contributed by atoms with Crippen LogP contribution in [0.15, 0.2) is 46.9 Å². The van der Waals surface area contributed by atoms with Crippen molar-refractivity contribution in [3.05, 3.63) is 58.1 Å². The van der Waals surface area contributed by atoms with Gasteiger partial charge in [-0.3, -0.25) is 0 Å². The van der Waals surface area contributed by atoms with Gasteiger partial charge in [0.1, 0.15) is 5.75 Å². The third-order valence-corrected chi connectivity index (χ3v) is 4.07. The third-order valence-electron chi connectivity index (χ3n) is 3.58. The lowest BCUT2D eigenvalue weighted by atomic mass is 10.1. The molecule has 3 nitrogen and oxygen atoms in total. The molecule has 96 valence electrons. The molecule has 2 aliphatic heterocycles. The fourth-order valence-electron chi connectivity index (χ4n) is 2.68. The molecule has 0 radical (unpaired) electrons. The Hall–Kier alpha value is -1.52. The molecule has 1 unspecified atom stereocenters. The summed E-state index contributed by atoms with van der Waals surface area (Å²) >= 11 is 3.51. The van der Waals surface area contributed by atoms with Gasteiger partial charge in [-0.05, 0) is 24.3 Å². The first-order valence-electron chi connectivity index (χ1n) is 6.21. The normalized spacial score (nSPS) is 20.1. The van der Waals surface area contributed by atoms with E-state index in [1.165, 1.54) is 11.3 Å². The number of benzene rings is 2. The second kappa shape index (κ2) is 4.25. The van der Waals surface area contributed by atoms with E-state index in [-0.39, 0.29) is 6.23 Å². The second-order valence-electron chi connectivity index (χ2n) is 4.72. The van der Waals surface area contributed by atoms with Crippen LogP contribution < -0.4 is 9.64 Å². The predicted molar refractivity (Wildman–Crippen MR) is 76.1 cm³/mol. The molecule has 4 heteroatoms. The van der Waals surface area contributed by atoms with Gasteiger partial charge in [0.2, 0.25) is 0 Å². The summed E-state index contributed by atoms with van der Waals surface area (Å²) in [5.41, 5.74) is 3.49. The van der Waals surface area contributed by atoms with Crippen LogP contribution >= 0.6 is 15.9 Å². The van der Waals surface area contributed by atoms with Crippen LogP contribution in [0.1, 0.15) is 17.4 Å². The highest BCUT2D eigenvalue weighted by atomic mass is 79.9. The largest absolute Gasteiger partial charge is 0.473 e. The molecule has 2 heterocycles. The summed E-state index contributed by atoms with van der Waals surface area (Å²) in [5.74, 6) is 0.906. The number of ether oxygens (including phenoxy) is 2. The summed E-state index contributed by atoms with van der Waals surface area (Å²) in [7, 11) is 0. The average Bonchev–Trinajstić information content (AvgIpc) is 2.46. The fourth-order valence-corrected chi connectivity index (χ4v) is 3.05. The number of halogens is 1. The van der Waals surface area contributed by atoms with Crippen LogP contribution in [0, 0.1) is 0 Å². The molecule has 19 heavy (non-hydrogen) atoms. The zero-order chi connectivity index (χ0) is 12.8. The number of fused-ring (bicyclic) bond motifs is 5. The molecule has 0 aliphatic carbocycles. The fraction of sp³-hybridized carbons (Fsp3) is 0.200. The van der Waals surface area contributed by atoms with Crippen LogP contribution in [0.4, 0.5) is 5.69 Å². The van der Waals surface area contributed by atoms with Crippen LogP contribution in [-0.4, -0.2) is 6.73 Å². The van der Waals surface area contributed by atoms with Crippen molar-refractivity contribution in [1.29, 1.82) is 0 Å². The number of hydrogen-bond acceptors (Lipinski definition) is 3. The SMILES string of the molecule is Brc1ccc2c(c1)C1OCc3ccccc3N1CO2. The Bertz CT molecular complexity index is 644. The van der Waals surface area contributed by atoms with Crippen LogP contribution in [0.5, 0.6) is 5.75 Å². The molecule has 0 fully saturated rings. The van der Waals surface area contributed by atoms with Crippen molar-refractivity contribution in [2.75, 3.05) is 11.6 Å². The van der Waals surface area contributed by atoms with Gasteiger partial charge in [0.25, 0.3) is 0 Å². The Kier molecular flexibility index (Phi) is 2.53. The molecule has 0 amide bonds.